The summed E-state index contributed by atoms with van der Waals surface area (Å²) in [5.41, 5.74) is 0. The Morgan fingerprint density at radius 1 is 0.595 bits per heavy atom. The first-order valence-corrected chi connectivity index (χ1v) is 16.1. The quantitative estimate of drug-likeness (QED) is 0.0602. The molecule has 1 N–H and O–H groups in total. The van der Waals surface area contributed by atoms with Gasteiger partial charge < -0.3 is 9.84 Å². The van der Waals surface area contributed by atoms with Crippen LogP contribution in [0.2, 0.25) is 0 Å². The van der Waals surface area contributed by atoms with Gasteiger partial charge in [-0.25, -0.2) is 0 Å². The Labute approximate surface area is 230 Å². The predicted octanol–water partition coefficient (Wildman–Crippen LogP) is 10.7. The van der Waals surface area contributed by atoms with Gasteiger partial charge in [-0.2, -0.15) is 0 Å². The fourth-order valence-corrected chi connectivity index (χ4v) is 4.80. The average Bonchev–Trinajstić information content (AvgIpc) is 2.86. The van der Waals surface area contributed by atoms with E-state index in [0.717, 1.165) is 38.5 Å². The van der Waals surface area contributed by atoms with Crippen LogP contribution in [0, 0.1) is 0 Å². The first-order chi connectivity index (χ1) is 18.1. The van der Waals surface area contributed by atoms with E-state index in [-0.39, 0.29) is 12.1 Å². The molecule has 0 aromatic rings. The topological polar surface area (TPSA) is 63.6 Å². The lowest BCUT2D eigenvalue weighted by atomic mass is 10.0. The van der Waals surface area contributed by atoms with Gasteiger partial charge in [0.2, 0.25) is 0 Å². The van der Waals surface area contributed by atoms with Crippen molar-refractivity contribution in [2.75, 3.05) is 0 Å². The summed E-state index contributed by atoms with van der Waals surface area (Å²) in [4.78, 5) is 22.5. The van der Waals surface area contributed by atoms with Crippen LogP contribution in [0.4, 0.5) is 0 Å². The van der Waals surface area contributed by atoms with Gasteiger partial charge in [0, 0.05) is 12.8 Å². The van der Waals surface area contributed by atoms with E-state index < -0.39 is 5.97 Å². The number of unbranched alkanes of at least 4 members (excludes halogenated alkanes) is 20. The molecule has 0 radical (unpaired) electrons. The Bertz CT molecular complexity index is 528. The van der Waals surface area contributed by atoms with Crippen molar-refractivity contribution >= 4 is 11.9 Å². The molecule has 0 fully saturated rings. The number of aliphatic carboxylic acids is 1. The number of hydrogen-bond donors (Lipinski definition) is 1. The van der Waals surface area contributed by atoms with Crippen LogP contribution in [-0.2, 0) is 14.3 Å². The van der Waals surface area contributed by atoms with Gasteiger partial charge in [0.1, 0.15) is 0 Å². The van der Waals surface area contributed by atoms with Crippen LogP contribution < -0.4 is 0 Å². The Kier molecular flexibility index (Phi) is 28.2. The number of carbonyl (C=O) groups excluding carboxylic acids is 1. The van der Waals surface area contributed by atoms with Crippen molar-refractivity contribution in [3.63, 3.8) is 0 Å². The van der Waals surface area contributed by atoms with E-state index in [9.17, 15) is 9.59 Å². The van der Waals surface area contributed by atoms with Crippen LogP contribution in [0.5, 0.6) is 0 Å². The van der Waals surface area contributed by atoms with E-state index in [1.807, 2.05) is 6.92 Å². The average molecular weight is 523 g/mol. The number of carboxylic acid groups (broad SMARTS) is 1. The largest absolute Gasteiger partial charge is 0.481 e. The maximum Gasteiger partial charge on any atom is 0.306 e. The number of carbonyl (C=O) groups is 2. The zero-order valence-corrected chi connectivity index (χ0v) is 24.8. The van der Waals surface area contributed by atoms with E-state index >= 15 is 0 Å². The minimum atomic E-state index is -0.675. The Balaban J connectivity index is 3.33. The normalized spacial score (nSPS) is 12.3. The van der Waals surface area contributed by atoms with Crippen molar-refractivity contribution in [3.05, 3.63) is 12.2 Å². The van der Waals surface area contributed by atoms with Crippen LogP contribution >= 0.6 is 0 Å². The number of hydrogen-bond acceptors (Lipinski definition) is 3. The van der Waals surface area contributed by atoms with Crippen molar-refractivity contribution in [1.82, 2.24) is 0 Å². The molecule has 1 atom stereocenters. The van der Waals surface area contributed by atoms with Crippen LogP contribution in [-0.4, -0.2) is 23.1 Å². The lowest BCUT2D eigenvalue weighted by Crippen LogP contribution is -2.14. The van der Waals surface area contributed by atoms with E-state index in [1.165, 1.54) is 116 Å². The molecule has 0 rings (SSSR count). The Morgan fingerprint density at radius 3 is 1.49 bits per heavy atom. The van der Waals surface area contributed by atoms with E-state index in [4.69, 9.17) is 9.84 Å². The van der Waals surface area contributed by atoms with Gasteiger partial charge in [0.15, 0.2) is 0 Å². The standard InChI is InChI=1S/C33H62O4/c1-3-4-5-6-7-8-9-10-11-15-18-21-24-27-30-33(36)37-31(2)28-25-22-19-16-13-12-14-17-20-23-26-29-32(34)35/h8-9,31H,3-7,10-30H2,1-2H3,(H,34,35)/b9-8-. The number of allylic oxidation sites excluding steroid dienone is 2. The lowest BCUT2D eigenvalue weighted by molar-refractivity contribution is -0.148. The monoisotopic (exact) mass is 522 g/mol. The molecule has 0 aliphatic carbocycles. The van der Waals surface area contributed by atoms with Gasteiger partial charge in [-0.1, -0.05) is 122 Å². The smallest absolute Gasteiger partial charge is 0.306 e. The minimum Gasteiger partial charge on any atom is -0.481 e. The van der Waals surface area contributed by atoms with Crippen molar-refractivity contribution in [2.45, 2.75) is 187 Å². The van der Waals surface area contributed by atoms with Crippen molar-refractivity contribution < 1.29 is 19.4 Å². The third kappa shape index (κ3) is 30.8. The van der Waals surface area contributed by atoms with Gasteiger partial charge >= 0.3 is 11.9 Å². The number of rotatable bonds is 29. The second kappa shape index (κ2) is 29.2. The van der Waals surface area contributed by atoms with Gasteiger partial charge in [0.25, 0.3) is 0 Å². The molecular weight excluding hydrogens is 460 g/mol. The van der Waals surface area contributed by atoms with Gasteiger partial charge in [-0.15, -0.1) is 0 Å². The molecule has 0 bridgehead atoms. The van der Waals surface area contributed by atoms with Crippen LogP contribution in [0.15, 0.2) is 12.2 Å². The van der Waals surface area contributed by atoms with E-state index in [2.05, 4.69) is 19.1 Å². The number of esters is 1. The molecule has 0 heterocycles. The molecule has 4 nitrogen and oxygen atoms in total. The third-order valence-corrected chi connectivity index (χ3v) is 7.23. The maximum absolute atomic E-state index is 12.1. The summed E-state index contributed by atoms with van der Waals surface area (Å²) in [6.07, 6.45) is 34.8. The summed E-state index contributed by atoms with van der Waals surface area (Å²) in [6, 6.07) is 0. The molecule has 4 heteroatoms. The molecule has 0 aromatic carbocycles. The SMILES string of the molecule is CCCCCC/C=C\CCCCCCCCC(=O)OC(C)CCCCCCCCCCCCCC(=O)O. The first kappa shape index (κ1) is 35.7. The Hall–Kier alpha value is -1.32. The van der Waals surface area contributed by atoms with Gasteiger partial charge in [-0.05, 0) is 58.3 Å². The molecule has 37 heavy (non-hydrogen) atoms. The zero-order chi connectivity index (χ0) is 27.2. The van der Waals surface area contributed by atoms with Crippen molar-refractivity contribution in [2.24, 2.45) is 0 Å². The predicted molar refractivity (Wildman–Crippen MR) is 158 cm³/mol. The molecule has 0 spiro atoms. The summed E-state index contributed by atoms with van der Waals surface area (Å²) in [6.45, 7) is 4.30. The molecule has 1 unspecified atom stereocenters. The highest BCUT2D eigenvalue weighted by Crippen LogP contribution is 2.15. The second-order valence-electron chi connectivity index (χ2n) is 11.1. The molecule has 0 aromatic heterocycles. The molecule has 0 aliphatic rings. The van der Waals surface area contributed by atoms with E-state index in [1.54, 1.807) is 0 Å². The second-order valence-corrected chi connectivity index (χ2v) is 11.1. The summed E-state index contributed by atoms with van der Waals surface area (Å²) in [5, 5.41) is 8.62. The zero-order valence-electron chi connectivity index (χ0n) is 24.8. The highest BCUT2D eigenvalue weighted by atomic mass is 16.5. The van der Waals surface area contributed by atoms with Crippen LogP contribution in [0.1, 0.15) is 181 Å². The molecular formula is C33H62O4. The fraction of sp³-hybridized carbons (Fsp3) is 0.879. The minimum absolute atomic E-state index is 0.0143. The third-order valence-electron chi connectivity index (χ3n) is 7.23. The maximum atomic E-state index is 12.1. The molecule has 0 aliphatic heterocycles. The molecule has 0 saturated heterocycles. The number of ether oxygens (including phenoxy) is 1. The summed E-state index contributed by atoms with van der Waals surface area (Å²) in [5.74, 6) is -0.689. The highest BCUT2D eigenvalue weighted by molar-refractivity contribution is 5.69. The highest BCUT2D eigenvalue weighted by Gasteiger charge is 2.09. The Morgan fingerprint density at radius 2 is 1.00 bits per heavy atom. The number of carboxylic acids is 1. The lowest BCUT2D eigenvalue weighted by Gasteiger charge is -2.13. The van der Waals surface area contributed by atoms with Crippen molar-refractivity contribution in [3.8, 4) is 0 Å². The van der Waals surface area contributed by atoms with E-state index in [0.29, 0.717) is 12.8 Å². The van der Waals surface area contributed by atoms with Gasteiger partial charge in [0.05, 0.1) is 6.10 Å². The molecule has 218 valence electrons. The van der Waals surface area contributed by atoms with Crippen LogP contribution in [0.25, 0.3) is 0 Å². The summed E-state index contributed by atoms with van der Waals surface area (Å²) >= 11 is 0. The van der Waals surface area contributed by atoms with Crippen molar-refractivity contribution in [1.29, 1.82) is 0 Å². The summed E-state index contributed by atoms with van der Waals surface area (Å²) < 4.78 is 5.60. The molecule has 0 amide bonds. The molecule has 0 saturated carbocycles. The fourth-order valence-electron chi connectivity index (χ4n) is 4.80. The van der Waals surface area contributed by atoms with Crippen LogP contribution in [0.3, 0.4) is 0 Å². The first-order valence-electron chi connectivity index (χ1n) is 16.1. The summed E-state index contributed by atoms with van der Waals surface area (Å²) in [7, 11) is 0. The van der Waals surface area contributed by atoms with Gasteiger partial charge in [-0.3, -0.25) is 9.59 Å².